The molecule has 0 bridgehead atoms. The molecule has 3 heterocycles. The van der Waals surface area contributed by atoms with Crippen LogP contribution in [-0.2, 0) is 0 Å². The fourth-order valence-electron chi connectivity index (χ4n) is 1.59. The molecule has 0 aliphatic rings. The van der Waals surface area contributed by atoms with E-state index in [0.717, 1.165) is 0 Å². The lowest BCUT2D eigenvalue weighted by atomic mass is 10.2. The zero-order valence-electron chi connectivity index (χ0n) is 9.76. The molecule has 6 nitrogen and oxygen atoms in total. The Hall–Kier alpha value is -2.89. The molecule has 0 N–H and O–H groups in total. The number of pyridine rings is 2. The van der Waals surface area contributed by atoms with E-state index in [4.69, 9.17) is 0 Å². The number of rotatable bonds is 2. The van der Waals surface area contributed by atoms with Crippen LogP contribution in [0.25, 0.3) is 22.9 Å². The highest BCUT2D eigenvalue weighted by Crippen LogP contribution is 2.22. The van der Waals surface area contributed by atoms with Crippen molar-refractivity contribution in [3.8, 4) is 28.8 Å². The highest BCUT2D eigenvalue weighted by atomic mass is 16.3. The van der Waals surface area contributed by atoms with Gasteiger partial charge < -0.3 is 5.11 Å². The van der Waals surface area contributed by atoms with Gasteiger partial charge in [-0.15, -0.1) is 5.10 Å². The van der Waals surface area contributed by atoms with Gasteiger partial charge in [0, 0.05) is 18.3 Å². The van der Waals surface area contributed by atoms with Gasteiger partial charge in [0.05, 0.1) is 5.69 Å². The standard InChI is InChI=1S/C13H9N5O/c19-13-11(9-5-1-3-7-14-9)16-12(17-18-13)10-6-2-4-8-15-10/h1-8H,(H,18,19)/p-1. The predicted molar refractivity (Wildman–Crippen MR) is 65.7 cm³/mol. The van der Waals surface area contributed by atoms with Crippen molar-refractivity contribution < 1.29 is 5.11 Å². The zero-order chi connectivity index (χ0) is 13.1. The Morgan fingerprint density at radius 2 is 1.47 bits per heavy atom. The highest BCUT2D eigenvalue weighted by Gasteiger charge is 2.08. The maximum absolute atomic E-state index is 11.7. The van der Waals surface area contributed by atoms with Gasteiger partial charge in [-0.25, -0.2) is 4.98 Å². The summed E-state index contributed by atoms with van der Waals surface area (Å²) in [5.74, 6) is -0.195. The third-order valence-corrected chi connectivity index (χ3v) is 2.46. The van der Waals surface area contributed by atoms with Crippen LogP contribution in [-0.4, -0.2) is 25.1 Å². The van der Waals surface area contributed by atoms with Crippen LogP contribution in [0.2, 0.25) is 0 Å². The molecule has 0 aliphatic heterocycles. The van der Waals surface area contributed by atoms with Crippen molar-refractivity contribution in [2.45, 2.75) is 0 Å². The first-order valence-corrected chi connectivity index (χ1v) is 5.59. The largest absolute Gasteiger partial charge is 0.856 e. The van der Waals surface area contributed by atoms with Crippen molar-refractivity contribution in [2.24, 2.45) is 0 Å². The average molecular weight is 250 g/mol. The summed E-state index contributed by atoms with van der Waals surface area (Å²) in [6.07, 6.45) is 3.22. The van der Waals surface area contributed by atoms with Crippen LogP contribution in [0.3, 0.4) is 0 Å². The van der Waals surface area contributed by atoms with Crippen LogP contribution in [0.4, 0.5) is 0 Å². The van der Waals surface area contributed by atoms with Crippen LogP contribution >= 0.6 is 0 Å². The molecule has 0 amide bonds. The molecule has 92 valence electrons. The number of hydrogen-bond acceptors (Lipinski definition) is 6. The second-order valence-electron chi connectivity index (χ2n) is 3.72. The summed E-state index contributed by atoms with van der Waals surface area (Å²) in [7, 11) is 0. The van der Waals surface area contributed by atoms with E-state index in [1.807, 2.05) is 6.07 Å². The van der Waals surface area contributed by atoms with E-state index in [1.54, 1.807) is 42.7 Å². The van der Waals surface area contributed by atoms with Gasteiger partial charge in [-0.05, 0) is 24.3 Å². The lowest BCUT2D eigenvalue weighted by Crippen LogP contribution is -2.05. The second-order valence-corrected chi connectivity index (χ2v) is 3.72. The Morgan fingerprint density at radius 1 is 0.789 bits per heavy atom. The lowest BCUT2D eigenvalue weighted by molar-refractivity contribution is -0.275. The molecule has 0 saturated heterocycles. The molecule has 0 saturated carbocycles. The molecule has 0 aromatic carbocycles. The molecular formula is C13H8N5O-. The van der Waals surface area contributed by atoms with Gasteiger partial charge >= 0.3 is 0 Å². The Balaban J connectivity index is 2.12. The number of aromatic nitrogens is 5. The molecule has 0 unspecified atom stereocenters. The fourth-order valence-corrected chi connectivity index (χ4v) is 1.59. The molecule has 0 aliphatic carbocycles. The number of nitrogens with zero attached hydrogens (tertiary/aromatic N) is 5. The van der Waals surface area contributed by atoms with Crippen LogP contribution < -0.4 is 5.11 Å². The minimum Gasteiger partial charge on any atom is -0.856 e. The van der Waals surface area contributed by atoms with Crippen molar-refractivity contribution in [1.29, 1.82) is 0 Å². The summed E-state index contributed by atoms with van der Waals surface area (Å²) >= 11 is 0. The number of hydrogen-bond donors (Lipinski definition) is 0. The third kappa shape index (κ3) is 2.23. The molecule has 0 radical (unpaired) electrons. The Morgan fingerprint density at radius 3 is 2.11 bits per heavy atom. The monoisotopic (exact) mass is 250 g/mol. The highest BCUT2D eigenvalue weighted by molar-refractivity contribution is 5.61. The molecule has 3 aromatic heterocycles. The molecule has 3 aromatic rings. The van der Waals surface area contributed by atoms with E-state index in [2.05, 4.69) is 25.1 Å². The molecule has 19 heavy (non-hydrogen) atoms. The van der Waals surface area contributed by atoms with Crippen molar-refractivity contribution in [1.82, 2.24) is 25.1 Å². The average Bonchev–Trinajstić information content (AvgIpc) is 2.49. The van der Waals surface area contributed by atoms with Crippen LogP contribution in [0.5, 0.6) is 5.88 Å². The Kier molecular flexibility index (Phi) is 2.82. The fraction of sp³-hybridized carbons (Fsp3) is 0. The summed E-state index contributed by atoms with van der Waals surface area (Å²) in [6.45, 7) is 0. The maximum atomic E-state index is 11.7. The van der Waals surface area contributed by atoms with Gasteiger partial charge in [0.15, 0.2) is 0 Å². The van der Waals surface area contributed by atoms with E-state index >= 15 is 0 Å². The Bertz CT molecular complexity index is 688. The van der Waals surface area contributed by atoms with Gasteiger partial charge in [0.2, 0.25) is 5.82 Å². The first-order chi connectivity index (χ1) is 9.34. The molecule has 0 atom stereocenters. The molecule has 3 rings (SSSR count). The minimum atomic E-state index is -0.501. The predicted octanol–water partition coefficient (Wildman–Crippen LogP) is 1.07. The molecule has 6 heteroatoms. The summed E-state index contributed by atoms with van der Waals surface area (Å²) in [6, 6.07) is 10.6. The van der Waals surface area contributed by atoms with Crippen LogP contribution in [0.15, 0.2) is 48.8 Å². The molecule has 0 fully saturated rings. The van der Waals surface area contributed by atoms with E-state index in [9.17, 15) is 5.11 Å². The summed E-state index contributed by atoms with van der Waals surface area (Å²) < 4.78 is 0. The van der Waals surface area contributed by atoms with E-state index in [-0.39, 0.29) is 5.69 Å². The quantitative estimate of drug-likeness (QED) is 0.676. The SMILES string of the molecule is [O-]c1nnc(-c2ccccn2)nc1-c1ccccn1. The summed E-state index contributed by atoms with van der Waals surface area (Å²) in [4.78, 5) is 12.4. The van der Waals surface area contributed by atoms with Gasteiger partial charge in [-0.1, -0.05) is 12.1 Å². The first kappa shape index (κ1) is 11.2. The van der Waals surface area contributed by atoms with Gasteiger partial charge in [-0.3, -0.25) is 9.97 Å². The Labute approximate surface area is 108 Å². The molecule has 0 spiro atoms. The van der Waals surface area contributed by atoms with Crippen molar-refractivity contribution in [3.63, 3.8) is 0 Å². The van der Waals surface area contributed by atoms with E-state index in [1.165, 1.54) is 0 Å². The van der Waals surface area contributed by atoms with Crippen molar-refractivity contribution in [2.75, 3.05) is 0 Å². The second kappa shape index (κ2) is 4.77. The molecular weight excluding hydrogens is 242 g/mol. The van der Waals surface area contributed by atoms with E-state index < -0.39 is 5.88 Å². The van der Waals surface area contributed by atoms with Crippen molar-refractivity contribution in [3.05, 3.63) is 48.8 Å². The minimum absolute atomic E-state index is 0.177. The smallest absolute Gasteiger partial charge is 0.200 e. The van der Waals surface area contributed by atoms with Crippen molar-refractivity contribution >= 4 is 0 Å². The third-order valence-electron chi connectivity index (χ3n) is 2.46. The first-order valence-electron chi connectivity index (χ1n) is 5.59. The van der Waals surface area contributed by atoms with E-state index in [0.29, 0.717) is 17.2 Å². The maximum Gasteiger partial charge on any atom is 0.200 e. The zero-order valence-corrected chi connectivity index (χ0v) is 9.76. The van der Waals surface area contributed by atoms with Gasteiger partial charge in [0.25, 0.3) is 0 Å². The summed E-state index contributed by atoms with van der Waals surface area (Å²) in [5, 5.41) is 19.1. The van der Waals surface area contributed by atoms with Crippen LogP contribution in [0.1, 0.15) is 0 Å². The van der Waals surface area contributed by atoms with Gasteiger partial charge in [-0.2, -0.15) is 5.10 Å². The van der Waals surface area contributed by atoms with Crippen LogP contribution in [0, 0.1) is 0 Å². The summed E-state index contributed by atoms with van der Waals surface area (Å²) in [5.41, 5.74) is 1.21. The topological polar surface area (TPSA) is 87.5 Å². The van der Waals surface area contributed by atoms with Gasteiger partial charge in [0.1, 0.15) is 11.4 Å². The lowest BCUT2D eigenvalue weighted by Gasteiger charge is -2.10. The normalized spacial score (nSPS) is 10.3.